The molecule has 4 heteroatoms. The molecule has 0 saturated heterocycles. The lowest BCUT2D eigenvalue weighted by Crippen LogP contribution is -2.03. The number of rotatable bonds is 2. The molecule has 0 N–H and O–H groups in total. The van der Waals surface area contributed by atoms with E-state index in [-0.39, 0.29) is 0 Å². The van der Waals surface area contributed by atoms with Gasteiger partial charge in [-0.3, -0.25) is 4.57 Å². The van der Waals surface area contributed by atoms with Gasteiger partial charge in [0, 0.05) is 32.5 Å². The van der Waals surface area contributed by atoms with Gasteiger partial charge in [0.2, 0.25) is 5.95 Å². The fourth-order valence-electron chi connectivity index (χ4n) is 7.74. The maximum absolute atomic E-state index is 6.53. The molecule has 0 bridgehead atoms. The van der Waals surface area contributed by atoms with Crippen molar-refractivity contribution in [1.82, 2.24) is 14.5 Å². The molecule has 0 spiro atoms. The number of benzene rings is 8. The van der Waals surface area contributed by atoms with E-state index in [1.165, 1.54) is 43.1 Å². The van der Waals surface area contributed by atoms with E-state index in [9.17, 15) is 0 Å². The van der Waals surface area contributed by atoms with Crippen LogP contribution in [0.15, 0.2) is 144 Å². The quantitative estimate of drug-likeness (QED) is 0.150. The smallest absolute Gasteiger partial charge is 0.235 e. The third kappa shape index (κ3) is 3.07. The second kappa shape index (κ2) is 8.68. The Kier molecular flexibility index (Phi) is 4.55. The SMILES string of the molecule is c1ccc(-c2nc(-n3c4cccc5c6cc7ccccc7cc6c6cccc3c6c54)nc3c2ccc2c4ccccc4oc23)cc1. The zero-order chi connectivity index (χ0) is 29.9. The van der Waals surface area contributed by atoms with Crippen molar-refractivity contribution in [2.24, 2.45) is 0 Å². The summed E-state index contributed by atoms with van der Waals surface area (Å²) in [4.78, 5) is 10.7. The molecule has 46 heavy (non-hydrogen) atoms. The maximum atomic E-state index is 6.53. The van der Waals surface area contributed by atoms with E-state index in [0.717, 1.165) is 55.1 Å². The number of nitrogens with zero attached hydrogens (tertiary/aromatic N) is 3. The topological polar surface area (TPSA) is 43.9 Å². The van der Waals surface area contributed by atoms with E-state index < -0.39 is 0 Å². The first-order valence-electron chi connectivity index (χ1n) is 15.6. The summed E-state index contributed by atoms with van der Waals surface area (Å²) in [6.07, 6.45) is 0. The molecule has 212 valence electrons. The lowest BCUT2D eigenvalue weighted by molar-refractivity contribution is 0.671. The molecular formula is C42H23N3O. The zero-order valence-electron chi connectivity index (χ0n) is 24.5. The van der Waals surface area contributed by atoms with Crippen molar-refractivity contribution >= 4 is 87.0 Å². The molecule has 0 saturated carbocycles. The van der Waals surface area contributed by atoms with Gasteiger partial charge in [-0.05, 0) is 74.8 Å². The Labute approximate surface area is 262 Å². The number of aromatic nitrogens is 3. The van der Waals surface area contributed by atoms with Gasteiger partial charge in [0.25, 0.3) is 0 Å². The third-order valence-electron chi connectivity index (χ3n) is 9.73. The van der Waals surface area contributed by atoms with Crippen molar-refractivity contribution in [3.63, 3.8) is 0 Å². The molecule has 0 aliphatic heterocycles. The fraction of sp³-hybridized carbons (Fsp3) is 0. The van der Waals surface area contributed by atoms with Gasteiger partial charge < -0.3 is 4.42 Å². The fourth-order valence-corrected chi connectivity index (χ4v) is 7.74. The standard InChI is InChI=1S/C42H23N3O/c1-2-10-24(11-3-1)39-31-21-20-30-27-14-6-7-19-36(27)46-41(30)40(31)44-42(43-39)45-34-17-8-15-28-32-22-25-12-4-5-13-26(25)23-33(32)29-16-9-18-35(45)38(29)37(28)34/h1-23H. The lowest BCUT2D eigenvalue weighted by atomic mass is 9.92. The first-order chi connectivity index (χ1) is 22.8. The van der Waals surface area contributed by atoms with Crippen LogP contribution < -0.4 is 0 Å². The summed E-state index contributed by atoms with van der Waals surface area (Å²) >= 11 is 0. The molecule has 0 unspecified atom stereocenters. The van der Waals surface area contributed by atoms with Crippen molar-refractivity contribution in [2.45, 2.75) is 0 Å². The molecule has 0 atom stereocenters. The highest BCUT2D eigenvalue weighted by Crippen LogP contribution is 2.45. The summed E-state index contributed by atoms with van der Waals surface area (Å²) < 4.78 is 8.78. The van der Waals surface area contributed by atoms with Crippen molar-refractivity contribution in [3.8, 4) is 17.2 Å². The summed E-state index contributed by atoms with van der Waals surface area (Å²) in [5, 5.41) is 13.1. The highest BCUT2D eigenvalue weighted by Gasteiger charge is 2.23. The molecule has 0 amide bonds. The Morgan fingerprint density at radius 3 is 1.78 bits per heavy atom. The Bertz CT molecular complexity index is 2920. The molecule has 0 aliphatic carbocycles. The minimum Gasteiger partial charge on any atom is -0.454 e. The van der Waals surface area contributed by atoms with E-state index >= 15 is 0 Å². The number of hydrogen-bond acceptors (Lipinski definition) is 3. The summed E-state index contributed by atoms with van der Waals surface area (Å²) in [6.45, 7) is 0. The van der Waals surface area contributed by atoms with E-state index in [1.807, 2.05) is 18.2 Å². The average Bonchev–Trinajstić information content (AvgIpc) is 3.67. The molecule has 3 aromatic heterocycles. The van der Waals surface area contributed by atoms with Gasteiger partial charge in [-0.2, -0.15) is 0 Å². The van der Waals surface area contributed by atoms with Crippen LogP contribution in [0.4, 0.5) is 0 Å². The first kappa shape index (κ1) is 24.1. The molecule has 11 rings (SSSR count). The minimum atomic E-state index is 0.629. The van der Waals surface area contributed by atoms with Crippen molar-refractivity contribution in [1.29, 1.82) is 0 Å². The van der Waals surface area contributed by atoms with Crippen LogP contribution in [0.25, 0.3) is 104 Å². The van der Waals surface area contributed by atoms with E-state index in [1.54, 1.807) is 0 Å². The Hall–Kier alpha value is -6.26. The predicted molar refractivity (Wildman–Crippen MR) is 190 cm³/mol. The molecule has 11 aromatic rings. The van der Waals surface area contributed by atoms with Gasteiger partial charge in [-0.15, -0.1) is 0 Å². The summed E-state index contributed by atoms with van der Waals surface area (Å²) in [5.41, 5.74) is 6.55. The van der Waals surface area contributed by atoms with E-state index in [4.69, 9.17) is 14.4 Å². The van der Waals surface area contributed by atoms with Crippen LogP contribution in [0.3, 0.4) is 0 Å². The molecule has 0 radical (unpaired) electrons. The van der Waals surface area contributed by atoms with Crippen LogP contribution in [0, 0.1) is 0 Å². The van der Waals surface area contributed by atoms with Crippen molar-refractivity contribution < 1.29 is 4.42 Å². The Morgan fingerprint density at radius 2 is 1.07 bits per heavy atom. The second-order valence-corrected chi connectivity index (χ2v) is 12.2. The van der Waals surface area contributed by atoms with Gasteiger partial charge in [-0.25, -0.2) is 9.97 Å². The first-order valence-corrected chi connectivity index (χ1v) is 15.6. The van der Waals surface area contributed by atoms with Crippen LogP contribution >= 0.6 is 0 Å². The Morgan fingerprint density at radius 1 is 0.457 bits per heavy atom. The number of fused-ring (bicyclic) bond motifs is 9. The minimum absolute atomic E-state index is 0.629. The molecule has 8 aromatic carbocycles. The van der Waals surface area contributed by atoms with Crippen LogP contribution in [0.1, 0.15) is 0 Å². The van der Waals surface area contributed by atoms with Gasteiger partial charge in [0.1, 0.15) is 11.1 Å². The van der Waals surface area contributed by atoms with Crippen molar-refractivity contribution in [3.05, 3.63) is 140 Å². The molecule has 0 fully saturated rings. The van der Waals surface area contributed by atoms with E-state index in [0.29, 0.717) is 5.95 Å². The summed E-state index contributed by atoms with van der Waals surface area (Å²) in [6, 6.07) is 49.4. The van der Waals surface area contributed by atoms with Crippen LogP contribution in [0.5, 0.6) is 0 Å². The number of para-hydroxylation sites is 1. The van der Waals surface area contributed by atoms with Crippen LogP contribution in [-0.2, 0) is 0 Å². The van der Waals surface area contributed by atoms with E-state index in [2.05, 4.69) is 126 Å². The highest BCUT2D eigenvalue weighted by molar-refractivity contribution is 6.35. The molecule has 3 heterocycles. The number of hydrogen-bond donors (Lipinski definition) is 0. The van der Waals surface area contributed by atoms with Crippen molar-refractivity contribution in [2.75, 3.05) is 0 Å². The zero-order valence-corrected chi connectivity index (χ0v) is 24.5. The summed E-state index contributed by atoms with van der Waals surface area (Å²) in [5.74, 6) is 0.629. The predicted octanol–water partition coefficient (Wildman–Crippen LogP) is 11.2. The maximum Gasteiger partial charge on any atom is 0.235 e. The van der Waals surface area contributed by atoms with Gasteiger partial charge >= 0.3 is 0 Å². The highest BCUT2D eigenvalue weighted by atomic mass is 16.3. The van der Waals surface area contributed by atoms with Gasteiger partial charge in [0.15, 0.2) is 5.58 Å². The Balaban J connectivity index is 1.32. The largest absolute Gasteiger partial charge is 0.454 e. The van der Waals surface area contributed by atoms with Crippen LogP contribution in [-0.4, -0.2) is 14.5 Å². The number of furan rings is 1. The third-order valence-corrected chi connectivity index (χ3v) is 9.73. The second-order valence-electron chi connectivity index (χ2n) is 12.2. The normalized spacial score (nSPS) is 12.3. The molecule has 0 aliphatic rings. The average molecular weight is 586 g/mol. The van der Waals surface area contributed by atoms with Gasteiger partial charge in [-0.1, -0.05) is 97.1 Å². The van der Waals surface area contributed by atoms with Gasteiger partial charge in [0.05, 0.1) is 16.7 Å². The lowest BCUT2D eigenvalue weighted by Gasteiger charge is -2.12. The molecule has 4 nitrogen and oxygen atoms in total. The van der Waals surface area contributed by atoms with Crippen LogP contribution in [0.2, 0.25) is 0 Å². The monoisotopic (exact) mass is 585 g/mol. The molecular weight excluding hydrogens is 562 g/mol. The summed E-state index contributed by atoms with van der Waals surface area (Å²) in [7, 11) is 0.